The van der Waals surface area contributed by atoms with Gasteiger partial charge in [0.25, 0.3) is 5.91 Å². The first kappa shape index (κ1) is 18.5. The highest BCUT2D eigenvalue weighted by Gasteiger charge is 2.31. The lowest BCUT2D eigenvalue weighted by Crippen LogP contribution is -2.41. The summed E-state index contributed by atoms with van der Waals surface area (Å²) in [5.41, 5.74) is 1.36. The van der Waals surface area contributed by atoms with Crippen LogP contribution in [0, 0.1) is 12.8 Å². The van der Waals surface area contributed by atoms with Gasteiger partial charge in [0, 0.05) is 37.7 Å². The predicted molar refractivity (Wildman–Crippen MR) is 98.7 cm³/mol. The Kier molecular flexibility index (Phi) is 5.69. The summed E-state index contributed by atoms with van der Waals surface area (Å²) in [7, 11) is 3.17. The summed E-state index contributed by atoms with van der Waals surface area (Å²) in [6.45, 7) is 4.44. The summed E-state index contributed by atoms with van der Waals surface area (Å²) in [5.74, 6) is 1.68. The van der Waals surface area contributed by atoms with Crippen molar-refractivity contribution in [3.63, 3.8) is 0 Å². The van der Waals surface area contributed by atoms with Crippen LogP contribution in [-0.2, 0) is 4.79 Å². The van der Waals surface area contributed by atoms with Crippen LogP contribution in [0.1, 0.15) is 41.6 Å². The molecule has 1 heterocycles. The van der Waals surface area contributed by atoms with Gasteiger partial charge in [0.2, 0.25) is 5.91 Å². The Bertz CT molecular complexity index is 685. The molecule has 0 aromatic heterocycles. The Hall–Kier alpha value is -2.24. The first-order valence-corrected chi connectivity index (χ1v) is 9.36. The molecule has 6 nitrogen and oxygen atoms in total. The van der Waals surface area contributed by atoms with Crippen molar-refractivity contribution in [3.05, 3.63) is 23.3 Å². The van der Waals surface area contributed by atoms with Crippen LogP contribution in [0.3, 0.4) is 0 Å². The van der Waals surface area contributed by atoms with E-state index in [0.717, 1.165) is 37.8 Å². The van der Waals surface area contributed by atoms with Crippen molar-refractivity contribution in [1.29, 1.82) is 0 Å². The molecule has 0 spiro atoms. The molecule has 0 bridgehead atoms. The van der Waals surface area contributed by atoms with Gasteiger partial charge in [-0.1, -0.05) is 6.42 Å². The van der Waals surface area contributed by atoms with Gasteiger partial charge in [-0.3, -0.25) is 9.59 Å². The van der Waals surface area contributed by atoms with Gasteiger partial charge in [-0.05, 0) is 38.3 Å². The first-order valence-electron chi connectivity index (χ1n) is 9.36. The van der Waals surface area contributed by atoms with E-state index in [-0.39, 0.29) is 17.7 Å². The molecule has 0 atom stereocenters. The van der Waals surface area contributed by atoms with Crippen LogP contribution in [0.15, 0.2) is 12.1 Å². The number of amides is 2. The number of benzene rings is 1. The number of carbonyl (C=O) groups is 2. The SMILES string of the molecule is COc1ccc(C(=O)N2CCCN(C(=O)C3CCC3)CC2)c(OC)c1C. The molecule has 3 rings (SSSR count). The number of hydrogen-bond acceptors (Lipinski definition) is 4. The normalized spacial score (nSPS) is 18.1. The third-order valence-electron chi connectivity index (χ3n) is 5.56. The molecule has 2 amide bonds. The van der Waals surface area contributed by atoms with Crippen LogP contribution in [0.2, 0.25) is 0 Å². The van der Waals surface area contributed by atoms with Crippen molar-refractivity contribution in [2.24, 2.45) is 5.92 Å². The first-order chi connectivity index (χ1) is 12.6. The van der Waals surface area contributed by atoms with E-state index in [0.29, 0.717) is 36.7 Å². The summed E-state index contributed by atoms with van der Waals surface area (Å²) in [6, 6.07) is 3.56. The van der Waals surface area contributed by atoms with Crippen LogP contribution in [0.25, 0.3) is 0 Å². The molecule has 1 aromatic rings. The minimum atomic E-state index is -0.0504. The summed E-state index contributed by atoms with van der Waals surface area (Å²) in [5, 5.41) is 0. The van der Waals surface area contributed by atoms with Crippen molar-refractivity contribution >= 4 is 11.8 Å². The van der Waals surface area contributed by atoms with Crippen molar-refractivity contribution in [3.8, 4) is 11.5 Å². The molecule has 1 aliphatic heterocycles. The zero-order chi connectivity index (χ0) is 18.7. The van der Waals surface area contributed by atoms with Gasteiger partial charge in [0.05, 0.1) is 19.8 Å². The number of rotatable bonds is 4. The van der Waals surface area contributed by atoms with E-state index < -0.39 is 0 Å². The van der Waals surface area contributed by atoms with E-state index in [1.165, 1.54) is 0 Å². The Labute approximate surface area is 155 Å². The van der Waals surface area contributed by atoms with Crippen molar-refractivity contribution < 1.29 is 19.1 Å². The summed E-state index contributed by atoms with van der Waals surface area (Å²) < 4.78 is 10.8. The lowest BCUT2D eigenvalue weighted by atomic mass is 9.84. The maximum absolute atomic E-state index is 13.1. The van der Waals surface area contributed by atoms with Gasteiger partial charge in [0.15, 0.2) is 0 Å². The zero-order valence-electron chi connectivity index (χ0n) is 15.9. The summed E-state index contributed by atoms with van der Waals surface area (Å²) >= 11 is 0. The van der Waals surface area contributed by atoms with Crippen LogP contribution < -0.4 is 9.47 Å². The van der Waals surface area contributed by atoms with E-state index in [4.69, 9.17) is 9.47 Å². The molecule has 6 heteroatoms. The number of carbonyl (C=O) groups excluding carboxylic acids is 2. The van der Waals surface area contributed by atoms with E-state index in [1.807, 2.05) is 16.7 Å². The fourth-order valence-electron chi connectivity index (χ4n) is 3.75. The van der Waals surface area contributed by atoms with Crippen molar-refractivity contribution in [2.45, 2.75) is 32.6 Å². The number of ether oxygens (including phenoxy) is 2. The maximum Gasteiger partial charge on any atom is 0.257 e. The number of nitrogens with zero attached hydrogens (tertiary/aromatic N) is 2. The summed E-state index contributed by atoms with van der Waals surface area (Å²) in [4.78, 5) is 29.3. The minimum absolute atomic E-state index is 0.0504. The van der Waals surface area contributed by atoms with Crippen molar-refractivity contribution in [2.75, 3.05) is 40.4 Å². The monoisotopic (exact) mass is 360 g/mol. The molecule has 0 radical (unpaired) electrons. The molecule has 1 aliphatic carbocycles. The average Bonchev–Trinajstić information content (AvgIpc) is 2.85. The third kappa shape index (κ3) is 3.50. The number of methoxy groups -OCH3 is 2. The van der Waals surface area contributed by atoms with E-state index in [2.05, 4.69) is 0 Å². The van der Waals surface area contributed by atoms with Crippen LogP contribution in [0.4, 0.5) is 0 Å². The Morgan fingerprint density at radius 1 is 0.962 bits per heavy atom. The van der Waals surface area contributed by atoms with Gasteiger partial charge < -0.3 is 19.3 Å². The topological polar surface area (TPSA) is 59.1 Å². The maximum atomic E-state index is 13.1. The lowest BCUT2D eigenvalue weighted by molar-refractivity contribution is -0.138. The lowest BCUT2D eigenvalue weighted by Gasteiger charge is -2.31. The molecule has 1 saturated heterocycles. The Morgan fingerprint density at radius 3 is 2.27 bits per heavy atom. The second-order valence-electron chi connectivity index (χ2n) is 7.07. The molecule has 1 aromatic carbocycles. The fourth-order valence-corrected chi connectivity index (χ4v) is 3.75. The van der Waals surface area contributed by atoms with Gasteiger partial charge in [-0.25, -0.2) is 0 Å². The highest BCUT2D eigenvalue weighted by Crippen LogP contribution is 2.32. The number of hydrogen-bond donors (Lipinski definition) is 0. The van der Waals surface area contributed by atoms with Crippen LogP contribution in [-0.4, -0.2) is 62.0 Å². The molecule has 2 fully saturated rings. The van der Waals surface area contributed by atoms with Gasteiger partial charge >= 0.3 is 0 Å². The second-order valence-corrected chi connectivity index (χ2v) is 7.07. The quantitative estimate of drug-likeness (QED) is 0.828. The van der Waals surface area contributed by atoms with Crippen molar-refractivity contribution in [1.82, 2.24) is 9.80 Å². The summed E-state index contributed by atoms with van der Waals surface area (Å²) in [6.07, 6.45) is 3.99. The molecule has 0 N–H and O–H groups in total. The zero-order valence-corrected chi connectivity index (χ0v) is 15.9. The van der Waals surface area contributed by atoms with E-state index >= 15 is 0 Å². The third-order valence-corrected chi connectivity index (χ3v) is 5.56. The molecular formula is C20H28N2O4. The van der Waals surface area contributed by atoms with Gasteiger partial charge in [-0.2, -0.15) is 0 Å². The smallest absolute Gasteiger partial charge is 0.257 e. The van der Waals surface area contributed by atoms with E-state index in [1.54, 1.807) is 26.4 Å². The molecule has 142 valence electrons. The predicted octanol–water partition coefficient (Wildman–Crippen LogP) is 2.49. The molecule has 0 unspecified atom stereocenters. The van der Waals surface area contributed by atoms with Crippen LogP contribution >= 0.6 is 0 Å². The van der Waals surface area contributed by atoms with Crippen LogP contribution in [0.5, 0.6) is 11.5 Å². The molecule has 1 saturated carbocycles. The standard InChI is InChI=1S/C20H28N2O4/c1-14-17(25-2)9-8-16(18(14)26-3)20(24)22-11-5-10-21(12-13-22)19(23)15-6-4-7-15/h8-9,15H,4-7,10-13H2,1-3H3. The average molecular weight is 360 g/mol. The van der Waals surface area contributed by atoms with Gasteiger partial charge in [0.1, 0.15) is 11.5 Å². The Morgan fingerprint density at radius 2 is 1.65 bits per heavy atom. The second kappa shape index (κ2) is 7.98. The molecule has 26 heavy (non-hydrogen) atoms. The Balaban J connectivity index is 1.72. The molecule has 2 aliphatic rings. The highest BCUT2D eigenvalue weighted by atomic mass is 16.5. The fraction of sp³-hybridized carbons (Fsp3) is 0.600. The largest absolute Gasteiger partial charge is 0.496 e. The highest BCUT2D eigenvalue weighted by molar-refractivity contribution is 5.97. The van der Waals surface area contributed by atoms with Gasteiger partial charge in [-0.15, -0.1) is 0 Å². The minimum Gasteiger partial charge on any atom is -0.496 e. The molecular weight excluding hydrogens is 332 g/mol. The van der Waals surface area contributed by atoms with E-state index in [9.17, 15) is 9.59 Å².